The van der Waals surface area contributed by atoms with Crippen molar-refractivity contribution < 1.29 is 4.52 Å². The Balaban J connectivity index is 1.39. The van der Waals surface area contributed by atoms with E-state index in [2.05, 4.69) is 22.0 Å². The molecular weight excluding hydrogens is 388 g/mol. The number of halogens is 1. The van der Waals surface area contributed by atoms with Gasteiger partial charge in [-0.3, -0.25) is 9.47 Å². The maximum Gasteiger partial charge on any atom is 0.327 e. The van der Waals surface area contributed by atoms with Gasteiger partial charge in [0.1, 0.15) is 0 Å². The van der Waals surface area contributed by atoms with E-state index in [1.165, 1.54) is 0 Å². The molecule has 3 heterocycles. The zero-order chi connectivity index (χ0) is 20.0. The van der Waals surface area contributed by atoms with Gasteiger partial charge in [-0.1, -0.05) is 35.8 Å². The van der Waals surface area contributed by atoms with Gasteiger partial charge in [-0.05, 0) is 43.5 Å². The average molecular weight is 411 g/mol. The summed E-state index contributed by atoms with van der Waals surface area (Å²) in [6.45, 7) is 3.97. The highest BCUT2D eigenvalue weighted by atomic mass is 35.5. The van der Waals surface area contributed by atoms with Crippen LogP contribution in [0.15, 0.2) is 51.8 Å². The van der Waals surface area contributed by atoms with E-state index in [4.69, 9.17) is 16.1 Å². The summed E-state index contributed by atoms with van der Waals surface area (Å²) in [7, 11) is 0. The first-order valence-electron chi connectivity index (χ1n) is 10.1. The lowest BCUT2D eigenvalue weighted by atomic mass is 9.91. The fourth-order valence-electron chi connectivity index (χ4n) is 4.67. The maximum atomic E-state index is 12.7. The lowest BCUT2D eigenvalue weighted by Gasteiger charge is -2.37. The first-order chi connectivity index (χ1) is 14.2. The molecule has 1 aliphatic heterocycles. The van der Waals surface area contributed by atoms with Crippen LogP contribution in [0.1, 0.15) is 44.0 Å². The Kier molecular flexibility index (Phi) is 4.68. The lowest BCUT2D eigenvalue weighted by molar-refractivity contribution is 0.101. The molecule has 4 aromatic rings. The first kappa shape index (κ1) is 18.5. The van der Waals surface area contributed by atoms with Gasteiger partial charge in [0.2, 0.25) is 0 Å². The van der Waals surface area contributed by atoms with Crippen molar-refractivity contribution in [1.29, 1.82) is 0 Å². The van der Waals surface area contributed by atoms with Crippen LogP contribution in [0.5, 0.6) is 0 Å². The van der Waals surface area contributed by atoms with Crippen LogP contribution >= 0.6 is 11.6 Å². The largest absolute Gasteiger partial charge is 0.356 e. The Hall–Kier alpha value is -2.57. The third-order valence-corrected chi connectivity index (χ3v) is 6.32. The SMILES string of the molecule is CCC(N1CCC(c2noc3cc(Cl)ccc23)CC1)n1c(=O)[nH]c2ccccc21. The molecule has 5 rings (SSSR count). The smallest absolute Gasteiger partial charge is 0.327 e. The van der Waals surface area contributed by atoms with E-state index in [9.17, 15) is 4.79 Å². The van der Waals surface area contributed by atoms with Gasteiger partial charge in [-0.25, -0.2) is 4.79 Å². The third-order valence-electron chi connectivity index (χ3n) is 6.09. The number of imidazole rings is 1. The average Bonchev–Trinajstić information content (AvgIpc) is 3.30. The molecule has 1 saturated heterocycles. The normalized spacial score (nSPS) is 17.3. The molecule has 0 amide bonds. The first-order valence-corrected chi connectivity index (χ1v) is 10.5. The number of piperidine rings is 1. The number of aromatic nitrogens is 3. The number of nitrogens with zero attached hydrogens (tertiary/aromatic N) is 3. The van der Waals surface area contributed by atoms with E-state index in [1.807, 2.05) is 47.0 Å². The van der Waals surface area contributed by atoms with Gasteiger partial charge in [0.25, 0.3) is 0 Å². The van der Waals surface area contributed by atoms with Crippen LogP contribution in [0.3, 0.4) is 0 Å². The summed E-state index contributed by atoms with van der Waals surface area (Å²) in [6.07, 6.45) is 2.89. The van der Waals surface area contributed by atoms with Crippen LogP contribution in [0.2, 0.25) is 5.02 Å². The molecule has 0 saturated carbocycles. The van der Waals surface area contributed by atoms with Gasteiger partial charge in [0.15, 0.2) is 5.58 Å². The van der Waals surface area contributed by atoms with Crippen molar-refractivity contribution >= 4 is 33.6 Å². The number of H-pyrrole nitrogens is 1. The number of rotatable bonds is 4. The highest BCUT2D eigenvalue weighted by Crippen LogP contribution is 2.35. The minimum absolute atomic E-state index is 0.0421. The molecule has 0 spiro atoms. The molecule has 1 aliphatic rings. The number of benzene rings is 2. The highest BCUT2D eigenvalue weighted by Gasteiger charge is 2.30. The predicted octanol–water partition coefficient (Wildman–Crippen LogP) is 4.91. The molecule has 1 fully saturated rings. The van der Waals surface area contributed by atoms with Gasteiger partial charge >= 0.3 is 5.69 Å². The summed E-state index contributed by atoms with van der Waals surface area (Å²) in [6, 6.07) is 13.6. The van der Waals surface area contributed by atoms with Crippen LogP contribution < -0.4 is 5.69 Å². The van der Waals surface area contributed by atoms with Crippen molar-refractivity contribution in [2.24, 2.45) is 0 Å². The number of nitrogens with one attached hydrogen (secondary N) is 1. The summed E-state index contributed by atoms with van der Waals surface area (Å²) >= 11 is 6.06. The van der Waals surface area contributed by atoms with Crippen molar-refractivity contribution in [2.75, 3.05) is 13.1 Å². The number of aromatic amines is 1. The highest BCUT2D eigenvalue weighted by molar-refractivity contribution is 6.31. The summed E-state index contributed by atoms with van der Waals surface area (Å²) in [5.41, 5.74) is 3.57. The van der Waals surface area contributed by atoms with Crippen LogP contribution in [0.25, 0.3) is 22.0 Å². The van der Waals surface area contributed by atoms with Crippen LogP contribution in [-0.2, 0) is 0 Å². The second-order valence-corrected chi connectivity index (χ2v) is 8.16. The zero-order valence-corrected chi connectivity index (χ0v) is 17.0. The Bertz CT molecular complexity index is 1220. The van der Waals surface area contributed by atoms with Crippen molar-refractivity contribution in [1.82, 2.24) is 19.6 Å². The minimum atomic E-state index is -0.0421. The molecule has 1 unspecified atom stereocenters. The molecule has 29 heavy (non-hydrogen) atoms. The Morgan fingerprint density at radius 2 is 2.03 bits per heavy atom. The summed E-state index contributed by atoms with van der Waals surface area (Å²) in [5, 5.41) is 6.05. The van der Waals surface area contributed by atoms with Crippen molar-refractivity contribution in [2.45, 2.75) is 38.3 Å². The zero-order valence-electron chi connectivity index (χ0n) is 16.3. The van der Waals surface area contributed by atoms with Gasteiger partial charge in [0.05, 0.1) is 22.9 Å². The van der Waals surface area contributed by atoms with E-state index >= 15 is 0 Å². The van der Waals surface area contributed by atoms with E-state index in [0.717, 1.165) is 60.0 Å². The monoisotopic (exact) mass is 410 g/mol. The third kappa shape index (κ3) is 3.16. The van der Waals surface area contributed by atoms with Gasteiger partial charge in [-0.15, -0.1) is 0 Å². The Morgan fingerprint density at radius 3 is 2.83 bits per heavy atom. The summed E-state index contributed by atoms with van der Waals surface area (Å²) in [4.78, 5) is 18.1. The molecule has 2 aromatic carbocycles. The van der Waals surface area contributed by atoms with E-state index in [0.29, 0.717) is 10.9 Å². The summed E-state index contributed by atoms with van der Waals surface area (Å²) in [5.74, 6) is 0.353. The predicted molar refractivity (Wildman–Crippen MR) is 114 cm³/mol. The van der Waals surface area contributed by atoms with E-state index < -0.39 is 0 Å². The second kappa shape index (κ2) is 7.35. The number of likely N-dealkylation sites (tertiary alicyclic amines) is 1. The van der Waals surface area contributed by atoms with Gasteiger partial charge in [-0.2, -0.15) is 0 Å². The minimum Gasteiger partial charge on any atom is -0.356 e. The van der Waals surface area contributed by atoms with Crippen LogP contribution in [0, 0.1) is 0 Å². The topological polar surface area (TPSA) is 67.1 Å². The van der Waals surface area contributed by atoms with Crippen LogP contribution in [0.4, 0.5) is 0 Å². The number of para-hydroxylation sites is 2. The van der Waals surface area contributed by atoms with Crippen LogP contribution in [-0.4, -0.2) is 32.7 Å². The van der Waals surface area contributed by atoms with Gasteiger partial charge in [0, 0.05) is 35.5 Å². The molecule has 0 bridgehead atoms. The molecule has 2 aromatic heterocycles. The molecule has 7 heteroatoms. The fourth-order valence-corrected chi connectivity index (χ4v) is 4.83. The lowest BCUT2D eigenvalue weighted by Crippen LogP contribution is -2.41. The Morgan fingerprint density at radius 1 is 1.24 bits per heavy atom. The Labute approximate surface area is 173 Å². The van der Waals surface area contributed by atoms with Crippen molar-refractivity contribution in [3.63, 3.8) is 0 Å². The number of hydrogen-bond acceptors (Lipinski definition) is 4. The second-order valence-electron chi connectivity index (χ2n) is 7.72. The van der Waals surface area contributed by atoms with Crippen molar-refractivity contribution in [3.05, 3.63) is 63.7 Å². The molecule has 150 valence electrons. The summed E-state index contributed by atoms with van der Waals surface area (Å²) < 4.78 is 7.41. The molecule has 0 radical (unpaired) electrons. The van der Waals surface area contributed by atoms with E-state index in [-0.39, 0.29) is 11.9 Å². The molecule has 1 atom stereocenters. The standard InChI is InChI=1S/C22H23ClN4O2/c1-2-20(27-18-6-4-3-5-17(18)24-22(27)28)26-11-9-14(10-12-26)21-16-8-7-15(23)13-19(16)29-25-21/h3-8,13-14,20H,2,9-12H2,1H3,(H,24,28). The fraction of sp³-hybridized carbons (Fsp3) is 0.364. The molecule has 6 nitrogen and oxygen atoms in total. The van der Waals surface area contributed by atoms with Gasteiger partial charge < -0.3 is 9.51 Å². The number of hydrogen-bond donors (Lipinski definition) is 1. The van der Waals surface area contributed by atoms with E-state index in [1.54, 1.807) is 0 Å². The van der Waals surface area contributed by atoms with Crippen molar-refractivity contribution in [3.8, 4) is 0 Å². The quantitative estimate of drug-likeness (QED) is 0.519. The maximum absolute atomic E-state index is 12.7. The number of fused-ring (bicyclic) bond motifs is 2. The molecule has 0 aliphatic carbocycles. The molecular formula is C22H23ClN4O2. The molecule has 1 N–H and O–H groups in total.